The summed E-state index contributed by atoms with van der Waals surface area (Å²) in [6, 6.07) is 11.1. The van der Waals surface area contributed by atoms with Gasteiger partial charge in [-0.3, -0.25) is 4.18 Å². The lowest BCUT2D eigenvalue weighted by atomic mass is 10.1. The Bertz CT molecular complexity index is 870. The van der Waals surface area contributed by atoms with E-state index in [1.165, 1.54) is 0 Å². The monoisotopic (exact) mass is 430 g/mol. The second kappa shape index (κ2) is 7.31. The lowest BCUT2D eigenvalue weighted by Gasteiger charge is -2.12. The molecule has 0 unspecified atom stereocenters. The Kier molecular flexibility index (Phi) is 5.31. The molecule has 0 fully saturated rings. The lowest BCUT2D eigenvalue weighted by Crippen LogP contribution is -2.22. The fourth-order valence-corrected chi connectivity index (χ4v) is 3.36. The molecule has 8 heteroatoms. The van der Waals surface area contributed by atoms with E-state index in [1.54, 1.807) is 6.07 Å². The molecule has 5 nitrogen and oxygen atoms in total. The summed E-state index contributed by atoms with van der Waals surface area (Å²) in [4.78, 5) is 0. The molecule has 0 saturated heterocycles. The van der Waals surface area contributed by atoms with Crippen LogP contribution in [0.15, 0.2) is 40.9 Å². The summed E-state index contributed by atoms with van der Waals surface area (Å²) < 4.78 is 53.0. The van der Waals surface area contributed by atoms with Crippen molar-refractivity contribution < 1.29 is 26.5 Å². The highest BCUT2D eigenvalue weighted by Gasteiger charge is 2.30. The fraction of sp³-hybridized carbons (Fsp3) is 0.294. The minimum Gasteiger partial charge on any atom is -0.487 e. The first kappa shape index (κ1) is 18.2. The van der Waals surface area contributed by atoms with Crippen molar-refractivity contribution in [3.63, 3.8) is 0 Å². The SMILES string of the molecule is CS(=O)(=O)OC[C@H]1Cc2c(cc(OCc3ccccc3)c(Br)c2F)O1. The van der Waals surface area contributed by atoms with Crippen LogP contribution in [0.25, 0.3) is 0 Å². The van der Waals surface area contributed by atoms with Gasteiger partial charge in [-0.1, -0.05) is 30.3 Å². The predicted octanol–water partition coefficient (Wildman–Crippen LogP) is 3.45. The third kappa shape index (κ3) is 4.50. The molecule has 0 amide bonds. The van der Waals surface area contributed by atoms with Crippen LogP contribution in [-0.4, -0.2) is 27.4 Å². The molecule has 1 heterocycles. The third-order valence-corrected chi connectivity index (χ3v) is 4.97. The van der Waals surface area contributed by atoms with E-state index < -0.39 is 22.0 Å². The Labute approximate surface area is 154 Å². The zero-order valence-corrected chi connectivity index (χ0v) is 15.8. The normalized spacial score (nSPS) is 16.4. The Morgan fingerprint density at radius 3 is 2.72 bits per heavy atom. The molecule has 2 aromatic rings. The molecule has 2 aromatic carbocycles. The predicted molar refractivity (Wildman–Crippen MR) is 93.8 cm³/mol. The van der Waals surface area contributed by atoms with Gasteiger partial charge in [-0.25, -0.2) is 4.39 Å². The molecule has 0 N–H and O–H groups in total. The van der Waals surface area contributed by atoms with Gasteiger partial charge < -0.3 is 9.47 Å². The van der Waals surface area contributed by atoms with Crippen LogP contribution in [0, 0.1) is 5.82 Å². The van der Waals surface area contributed by atoms with Crippen molar-refractivity contribution >= 4 is 26.0 Å². The Balaban J connectivity index is 1.73. The number of benzene rings is 2. The number of ether oxygens (including phenoxy) is 2. The Hall–Kier alpha value is -1.64. The minimum absolute atomic E-state index is 0.162. The van der Waals surface area contributed by atoms with Gasteiger partial charge in [-0.2, -0.15) is 8.42 Å². The van der Waals surface area contributed by atoms with Crippen LogP contribution in [-0.2, 0) is 27.3 Å². The van der Waals surface area contributed by atoms with Crippen molar-refractivity contribution in [2.24, 2.45) is 0 Å². The highest BCUT2D eigenvalue weighted by molar-refractivity contribution is 9.10. The first-order valence-corrected chi connectivity index (χ1v) is 10.1. The van der Waals surface area contributed by atoms with E-state index in [0.29, 0.717) is 17.1 Å². The van der Waals surface area contributed by atoms with Crippen molar-refractivity contribution in [1.82, 2.24) is 0 Å². The average Bonchev–Trinajstić information content (AvgIpc) is 2.99. The maximum Gasteiger partial charge on any atom is 0.264 e. The van der Waals surface area contributed by atoms with Crippen LogP contribution in [0.5, 0.6) is 11.5 Å². The number of hydrogen-bond acceptors (Lipinski definition) is 5. The first-order valence-electron chi connectivity index (χ1n) is 7.52. The van der Waals surface area contributed by atoms with Crippen LogP contribution < -0.4 is 9.47 Å². The van der Waals surface area contributed by atoms with E-state index in [-0.39, 0.29) is 24.1 Å². The molecule has 0 saturated carbocycles. The summed E-state index contributed by atoms with van der Waals surface area (Å²) in [7, 11) is -3.57. The molecule has 0 bridgehead atoms. The summed E-state index contributed by atoms with van der Waals surface area (Å²) in [6.45, 7) is 0.128. The lowest BCUT2D eigenvalue weighted by molar-refractivity contribution is 0.152. The smallest absolute Gasteiger partial charge is 0.264 e. The van der Waals surface area contributed by atoms with Crippen molar-refractivity contribution in [3.8, 4) is 11.5 Å². The number of hydrogen-bond donors (Lipinski definition) is 0. The largest absolute Gasteiger partial charge is 0.487 e. The summed E-state index contributed by atoms with van der Waals surface area (Å²) in [5, 5.41) is 0. The molecule has 0 aromatic heterocycles. The van der Waals surface area contributed by atoms with Crippen molar-refractivity contribution in [1.29, 1.82) is 0 Å². The maximum atomic E-state index is 14.6. The number of fused-ring (bicyclic) bond motifs is 1. The molecule has 134 valence electrons. The van der Waals surface area contributed by atoms with Gasteiger partial charge >= 0.3 is 0 Å². The van der Waals surface area contributed by atoms with Crippen LogP contribution in [0.3, 0.4) is 0 Å². The molecular formula is C17H16BrFO5S. The molecular weight excluding hydrogens is 415 g/mol. The minimum atomic E-state index is -3.57. The van der Waals surface area contributed by atoms with Gasteiger partial charge in [0.25, 0.3) is 10.1 Å². The zero-order chi connectivity index (χ0) is 18.0. The zero-order valence-electron chi connectivity index (χ0n) is 13.4. The molecule has 1 aliphatic rings. The molecule has 25 heavy (non-hydrogen) atoms. The second-order valence-corrected chi connectivity index (χ2v) is 8.12. The van der Waals surface area contributed by atoms with Crippen LogP contribution in [0.4, 0.5) is 4.39 Å². The van der Waals surface area contributed by atoms with Gasteiger partial charge in [0.15, 0.2) is 0 Å². The van der Waals surface area contributed by atoms with Gasteiger partial charge in [-0.05, 0) is 21.5 Å². The molecule has 0 aliphatic carbocycles. The van der Waals surface area contributed by atoms with Crippen molar-refractivity contribution in [2.75, 3.05) is 12.9 Å². The quantitative estimate of drug-likeness (QED) is 0.656. The second-order valence-electron chi connectivity index (χ2n) is 5.69. The van der Waals surface area contributed by atoms with E-state index in [2.05, 4.69) is 15.9 Å². The van der Waals surface area contributed by atoms with E-state index >= 15 is 0 Å². The molecule has 1 atom stereocenters. The number of halogens is 2. The Morgan fingerprint density at radius 2 is 2.04 bits per heavy atom. The molecule has 0 radical (unpaired) electrons. The van der Waals surface area contributed by atoms with Crippen LogP contribution in [0.2, 0.25) is 0 Å². The van der Waals surface area contributed by atoms with E-state index in [0.717, 1.165) is 11.8 Å². The van der Waals surface area contributed by atoms with E-state index in [1.807, 2.05) is 30.3 Å². The van der Waals surface area contributed by atoms with Crippen molar-refractivity contribution in [3.05, 3.63) is 57.8 Å². The molecule has 1 aliphatic heterocycles. The summed E-state index contributed by atoms with van der Waals surface area (Å²) in [5.74, 6) is 0.193. The summed E-state index contributed by atoms with van der Waals surface area (Å²) in [6.07, 6.45) is 0.631. The van der Waals surface area contributed by atoms with Crippen molar-refractivity contribution in [2.45, 2.75) is 19.1 Å². The molecule has 3 rings (SSSR count). The van der Waals surface area contributed by atoms with Gasteiger partial charge in [0, 0.05) is 18.1 Å². The average molecular weight is 431 g/mol. The topological polar surface area (TPSA) is 61.8 Å². The van der Waals surface area contributed by atoms with Gasteiger partial charge in [0.05, 0.1) is 10.7 Å². The highest BCUT2D eigenvalue weighted by Crippen LogP contribution is 2.41. The van der Waals surface area contributed by atoms with Crippen LogP contribution in [0.1, 0.15) is 11.1 Å². The van der Waals surface area contributed by atoms with E-state index in [4.69, 9.17) is 13.7 Å². The van der Waals surface area contributed by atoms with Gasteiger partial charge in [0.2, 0.25) is 0 Å². The maximum absolute atomic E-state index is 14.6. The Morgan fingerprint density at radius 1 is 1.32 bits per heavy atom. The van der Waals surface area contributed by atoms with Crippen LogP contribution >= 0.6 is 15.9 Å². The third-order valence-electron chi connectivity index (χ3n) is 3.66. The van der Waals surface area contributed by atoms with Gasteiger partial charge in [-0.15, -0.1) is 0 Å². The summed E-state index contributed by atoms with van der Waals surface area (Å²) >= 11 is 3.22. The number of rotatable bonds is 6. The van der Waals surface area contributed by atoms with Gasteiger partial charge in [0.1, 0.15) is 36.6 Å². The summed E-state index contributed by atoms with van der Waals surface area (Å²) in [5.41, 5.74) is 1.33. The molecule has 0 spiro atoms. The standard InChI is InChI=1S/C17H16BrFO5S/c1-25(20,21)23-10-12-7-13-14(24-12)8-15(16(18)17(13)19)22-9-11-5-3-2-4-6-11/h2-6,8,12H,7,9-10H2,1H3/t12-/m1/s1. The van der Waals surface area contributed by atoms with E-state index in [9.17, 15) is 12.8 Å². The fourth-order valence-electron chi connectivity index (χ4n) is 2.50. The highest BCUT2D eigenvalue weighted by atomic mass is 79.9. The first-order chi connectivity index (χ1) is 11.8.